The molecule has 7 nitrogen and oxygen atoms in total. The molecule has 0 aliphatic carbocycles. The van der Waals surface area contributed by atoms with Gasteiger partial charge >= 0.3 is 0 Å². The van der Waals surface area contributed by atoms with Crippen LogP contribution in [0.3, 0.4) is 0 Å². The Balaban J connectivity index is 1.56. The van der Waals surface area contributed by atoms with E-state index in [4.69, 9.17) is 0 Å². The van der Waals surface area contributed by atoms with E-state index in [1.807, 2.05) is 6.07 Å². The lowest BCUT2D eigenvalue weighted by molar-refractivity contribution is 0.0957. The first-order valence-corrected chi connectivity index (χ1v) is 8.48. The second kappa shape index (κ2) is 7.23. The van der Waals surface area contributed by atoms with Crippen LogP contribution in [0.15, 0.2) is 12.1 Å². The fraction of sp³-hybridized carbons (Fsp3) is 0.688. The molecule has 1 atom stereocenters. The maximum Gasteiger partial charge on any atom is 0.271 e. The van der Waals surface area contributed by atoms with Crippen LogP contribution in [0.25, 0.3) is 0 Å². The molecular formula is C16H26N6O. The van der Waals surface area contributed by atoms with Crippen LogP contribution in [0.5, 0.6) is 0 Å². The lowest BCUT2D eigenvalue weighted by Gasteiger charge is -2.37. The maximum atomic E-state index is 11.5. The molecule has 0 bridgehead atoms. The zero-order chi connectivity index (χ0) is 16.2. The van der Waals surface area contributed by atoms with Gasteiger partial charge in [-0.2, -0.15) is 0 Å². The molecular weight excluding hydrogens is 292 g/mol. The summed E-state index contributed by atoms with van der Waals surface area (Å²) < 4.78 is 0. The molecule has 1 amide bonds. The lowest BCUT2D eigenvalue weighted by Crippen LogP contribution is -2.50. The molecule has 7 heteroatoms. The van der Waals surface area contributed by atoms with Gasteiger partial charge in [-0.1, -0.05) is 6.92 Å². The number of likely N-dealkylation sites (N-methyl/N-ethyl adjacent to an activating group) is 1. The molecule has 3 rings (SSSR count). The Hall–Kier alpha value is -1.73. The SMILES string of the molecule is CCN1CCN(C2CCN(c3ccc(C(=O)NC)nn3)C2)CC1. The molecule has 126 valence electrons. The maximum absolute atomic E-state index is 11.5. The number of rotatable bonds is 4. The van der Waals surface area contributed by atoms with Crippen molar-refractivity contribution < 1.29 is 4.79 Å². The predicted molar refractivity (Wildman–Crippen MR) is 89.7 cm³/mol. The average Bonchev–Trinajstić information content (AvgIpc) is 3.11. The highest BCUT2D eigenvalue weighted by molar-refractivity contribution is 5.91. The van der Waals surface area contributed by atoms with Crippen LogP contribution >= 0.6 is 0 Å². The van der Waals surface area contributed by atoms with E-state index >= 15 is 0 Å². The molecule has 23 heavy (non-hydrogen) atoms. The molecule has 0 aromatic carbocycles. The Morgan fingerprint density at radius 2 is 2.00 bits per heavy atom. The zero-order valence-electron chi connectivity index (χ0n) is 14.0. The summed E-state index contributed by atoms with van der Waals surface area (Å²) >= 11 is 0. The van der Waals surface area contributed by atoms with Gasteiger partial charge in [0, 0.05) is 52.4 Å². The summed E-state index contributed by atoms with van der Waals surface area (Å²) in [5, 5.41) is 10.8. The van der Waals surface area contributed by atoms with Gasteiger partial charge in [0.15, 0.2) is 11.5 Å². The van der Waals surface area contributed by atoms with E-state index in [2.05, 4.69) is 37.1 Å². The molecule has 3 heterocycles. The number of piperazine rings is 1. The van der Waals surface area contributed by atoms with Gasteiger partial charge in [-0.05, 0) is 25.1 Å². The molecule has 1 aromatic rings. The van der Waals surface area contributed by atoms with Crippen molar-refractivity contribution in [3.05, 3.63) is 17.8 Å². The number of carbonyl (C=O) groups excluding carboxylic acids is 1. The van der Waals surface area contributed by atoms with E-state index in [1.165, 1.54) is 19.5 Å². The summed E-state index contributed by atoms with van der Waals surface area (Å²) in [6.07, 6.45) is 1.17. The van der Waals surface area contributed by atoms with E-state index < -0.39 is 0 Å². The van der Waals surface area contributed by atoms with Gasteiger partial charge in [-0.3, -0.25) is 9.69 Å². The topological polar surface area (TPSA) is 64.6 Å². The van der Waals surface area contributed by atoms with Crippen molar-refractivity contribution in [3.8, 4) is 0 Å². The normalized spacial score (nSPS) is 23.2. The Kier molecular flexibility index (Phi) is 5.07. The minimum absolute atomic E-state index is 0.197. The number of amides is 1. The van der Waals surface area contributed by atoms with Crippen molar-refractivity contribution in [2.45, 2.75) is 19.4 Å². The molecule has 0 saturated carbocycles. The van der Waals surface area contributed by atoms with Crippen LogP contribution in [-0.2, 0) is 0 Å². The largest absolute Gasteiger partial charge is 0.354 e. The molecule has 2 aliphatic heterocycles. The Morgan fingerprint density at radius 1 is 1.22 bits per heavy atom. The second-order valence-corrected chi connectivity index (χ2v) is 6.21. The van der Waals surface area contributed by atoms with Crippen LogP contribution in [0, 0.1) is 0 Å². The van der Waals surface area contributed by atoms with E-state index in [-0.39, 0.29) is 5.91 Å². The first kappa shape index (κ1) is 16.1. The number of anilines is 1. The fourth-order valence-electron chi connectivity index (χ4n) is 3.44. The molecule has 1 aromatic heterocycles. The second-order valence-electron chi connectivity index (χ2n) is 6.21. The van der Waals surface area contributed by atoms with Crippen molar-refractivity contribution in [2.75, 3.05) is 57.8 Å². The quantitative estimate of drug-likeness (QED) is 0.846. The van der Waals surface area contributed by atoms with Gasteiger partial charge in [0.05, 0.1) is 0 Å². The number of hydrogen-bond donors (Lipinski definition) is 1. The monoisotopic (exact) mass is 318 g/mol. The van der Waals surface area contributed by atoms with Gasteiger partial charge in [-0.25, -0.2) is 0 Å². The first-order chi connectivity index (χ1) is 11.2. The summed E-state index contributed by atoms with van der Waals surface area (Å²) in [5.74, 6) is 0.671. The summed E-state index contributed by atoms with van der Waals surface area (Å²) in [4.78, 5) is 18.9. The summed E-state index contributed by atoms with van der Waals surface area (Å²) in [6, 6.07) is 4.25. The standard InChI is InChI=1S/C16H26N6O/c1-3-20-8-10-21(11-9-20)13-6-7-22(12-13)15-5-4-14(18-19-15)16(23)17-2/h4-5,13H,3,6-12H2,1-2H3,(H,17,23). The van der Waals surface area contributed by atoms with Crippen molar-refractivity contribution in [1.29, 1.82) is 0 Å². The fourth-order valence-corrected chi connectivity index (χ4v) is 3.44. The van der Waals surface area contributed by atoms with Gasteiger partial charge in [0.25, 0.3) is 5.91 Å². The highest BCUT2D eigenvalue weighted by Crippen LogP contribution is 2.22. The highest BCUT2D eigenvalue weighted by atomic mass is 16.1. The third kappa shape index (κ3) is 3.61. The molecule has 1 N–H and O–H groups in total. The summed E-state index contributed by atoms with van der Waals surface area (Å²) in [7, 11) is 1.60. The van der Waals surface area contributed by atoms with E-state index in [1.54, 1.807) is 13.1 Å². The summed E-state index contributed by atoms with van der Waals surface area (Å²) in [5.41, 5.74) is 0.364. The molecule has 0 spiro atoms. The minimum Gasteiger partial charge on any atom is -0.354 e. The van der Waals surface area contributed by atoms with Crippen LogP contribution in [0.4, 0.5) is 5.82 Å². The molecule has 0 radical (unpaired) electrons. The summed E-state index contributed by atoms with van der Waals surface area (Å²) in [6.45, 7) is 10.1. The highest BCUT2D eigenvalue weighted by Gasteiger charge is 2.30. The van der Waals surface area contributed by atoms with Crippen molar-refractivity contribution in [2.24, 2.45) is 0 Å². The smallest absolute Gasteiger partial charge is 0.271 e. The number of nitrogens with zero attached hydrogens (tertiary/aromatic N) is 5. The van der Waals surface area contributed by atoms with Crippen molar-refractivity contribution in [1.82, 2.24) is 25.3 Å². The van der Waals surface area contributed by atoms with Crippen LogP contribution in [0.1, 0.15) is 23.8 Å². The first-order valence-electron chi connectivity index (χ1n) is 8.48. The van der Waals surface area contributed by atoms with Crippen LogP contribution in [-0.4, -0.2) is 84.8 Å². The Labute approximate surface area is 137 Å². The number of hydrogen-bond acceptors (Lipinski definition) is 6. The zero-order valence-corrected chi connectivity index (χ0v) is 14.0. The van der Waals surface area contributed by atoms with Crippen molar-refractivity contribution >= 4 is 11.7 Å². The average molecular weight is 318 g/mol. The predicted octanol–water partition coefficient (Wildman–Crippen LogP) is 0.0524. The van der Waals surface area contributed by atoms with E-state index in [0.717, 1.165) is 38.5 Å². The molecule has 1 unspecified atom stereocenters. The van der Waals surface area contributed by atoms with Crippen LogP contribution < -0.4 is 10.2 Å². The van der Waals surface area contributed by atoms with Gasteiger partial charge < -0.3 is 15.1 Å². The number of nitrogens with one attached hydrogen (secondary N) is 1. The Bertz CT molecular complexity index is 526. The number of carbonyl (C=O) groups is 1. The minimum atomic E-state index is -0.197. The number of aromatic nitrogens is 2. The third-order valence-electron chi connectivity index (χ3n) is 4.97. The molecule has 2 fully saturated rings. The van der Waals surface area contributed by atoms with Gasteiger partial charge in [-0.15, -0.1) is 10.2 Å². The molecule has 2 saturated heterocycles. The van der Waals surface area contributed by atoms with Gasteiger partial charge in [0.1, 0.15) is 0 Å². The van der Waals surface area contributed by atoms with Crippen LogP contribution in [0.2, 0.25) is 0 Å². The van der Waals surface area contributed by atoms with Crippen molar-refractivity contribution in [3.63, 3.8) is 0 Å². The van der Waals surface area contributed by atoms with E-state index in [9.17, 15) is 4.79 Å². The van der Waals surface area contributed by atoms with Gasteiger partial charge in [0.2, 0.25) is 0 Å². The molecule has 2 aliphatic rings. The third-order valence-corrected chi connectivity index (χ3v) is 4.97. The van der Waals surface area contributed by atoms with E-state index in [0.29, 0.717) is 11.7 Å². The Morgan fingerprint density at radius 3 is 2.61 bits per heavy atom. The lowest BCUT2D eigenvalue weighted by atomic mass is 10.2.